The van der Waals surface area contributed by atoms with E-state index in [4.69, 9.17) is 9.26 Å². The third kappa shape index (κ3) is 2.23. The van der Waals surface area contributed by atoms with Crippen molar-refractivity contribution in [2.45, 2.75) is 25.2 Å². The molecule has 1 saturated carbocycles. The first-order valence-electron chi connectivity index (χ1n) is 6.28. The van der Waals surface area contributed by atoms with E-state index in [0.717, 1.165) is 24.2 Å². The molecule has 0 aliphatic heterocycles. The van der Waals surface area contributed by atoms with Gasteiger partial charge in [-0.05, 0) is 37.1 Å². The topological polar surface area (TPSA) is 65.2 Å². The predicted octanol–water partition coefficient (Wildman–Crippen LogP) is 2.58. The number of rotatable bonds is 3. The summed E-state index contributed by atoms with van der Waals surface area (Å²) in [7, 11) is 1.62. The Morgan fingerprint density at radius 3 is 2.74 bits per heavy atom. The molecule has 98 valence electrons. The van der Waals surface area contributed by atoms with Gasteiger partial charge in [-0.3, -0.25) is 4.79 Å². The van der Waals surface area contributed by atoms with Gasteiger partial charge in [-0.2, -0.15) is 4.98 Å². The van der Waals surface area contributed by atoms with Crippen LogP contribution in [0.1, 0.15) is 31.1 Å². The number of hydrogen-bond acceptors (Lipinski definition) is 5. The van der Waals surface area contributed by atoms with Gasteiger partial charge in [-0.15, -0.1) is 0 Å². The molecule has 5 heteroatoms. The zero-order valence-corrected chi connectivity index (χ0v) is 10.6. The van der Waals surface area contributed by atoms with Gasteiger partial charge in [0.1, 0.15) is 11.5 Å². The summed E-state index contributed by atoms with van der Waals surface area (Å²) >= 11 is 0. The maximum Gasteiger partial charge on any atom is 0.237 e. The molecule has 5 nitrogen and oxygen atoms in total. The summed E-state index contributed by atoms with van der Waals surface area (Å²) in [5, 5.41) is 3.94. The van der Waals surface area contributed by atoms with E-state index in [1.54, 1.807) is 7.11 Å². The molecule has 0 amide bonds. The molecule has 2 aromatic rings. The van der Waals surface area contributed by atoms with Gasteiger partial charge in [-0.1, -0.05) is 5.16 Å². The summed E-state index contributed by atoms with van der Waals surface area (Å²) in [5.41, 5.74) is 0.848. The van der Waals surface area contributed by atoms with Crippen LogP contribution in [0.5, 0.6) is 5.75 Å². The molecule has 1 unspecified atom stereocenters. The number of carbonyl (C=O) groups excluding carboxylic acids is 1. The van der Waals surface area contributed by atoms with Crippen LogP contribution in [0.25, 0.3) is 11.4 Å². The average Bonchev–Trinajstić information content (AvgIpc) is 3.07. The fourth-order valence-corrected chi connectivity index (χ4v) is 2.31. The number of methoxy groups -OCH3 is 1. The number of aromatic nitrogens is 2. The number of ketones is 1. The zero-order chi connectivity index (χ0) is 13.2. The Hall–Kier alpha value is -2.17. The third-order valence-corrected chi connectivity index (χ3v) is 3.39. The van der Waals surface area contributed by atoms with Crippen LogP contribution in [0.2, 0.25) is 0 Å². The number of ether oxygens (including phenoxy) is 1. The second-order valence-electron chi connectivity index (χ2n) is 4.60. The Morgan fingerprint density at radius 1 is 1.32 bits per heavy atom. The van der Waals surface area contributed by atoms with Crippen LogP contribution >= 0.6 is 0 Å². The van der Waals surface area contributed by atoms with Crippen molar-refractivity contribution in [3.63, 3.8) is 0 Å². The summed E-state index contributed by atoms with van der Waals surface area (Å²) in [6.07, 6.45) is 2.33. The molecular formula is C14H14N2O3. The smallest absolute Gasteiger partial charge is 0.237 e. The molecule has 3 rings (SSSR count). The molecule has 1 aliphatic carbocycles. The highest BCUT2D eigenvalue weighted by Gasteiger charge is 2.30. The molecule has 1 fully saturated rings. The molecule has 1 heterocycles. The molecule has 0 spiro atoms. The molecule has 1 atom stereocenters. The van der Waals surface area contributed by atoms with E-state index in [1.165, 1.54) is 0 Å². The first-order chi connectivity index (χ1) is 9.28. The summed E-state index contributed by atoms with van der Waals surface area (Å²) < 4.78 is 10.3. The van der Waals surface area contributed by atoms with Gasteiger partial charge in [0.2, 0.25) is 11.7 Å². The minimum atomic E-state index is -0.209. The third-order valence-electron chi connectivity index (χ3n) is 3.39. The Bertz CT molecular complexity index is 589. The van der Waals surface area contributed by atoms with E-state index in [9.17, 15) is 4.79 Å². The van der Waals surface area contributed by atoms with Crippen molar-refractivity contribution in [2.75, 3.05) is 7.11 Å². The van der Waals surface area contributed by atoms with Crippen LogP contribution in [0, 0.1) is 0 Å². The quantitative estimate of drug-likeness (QED) is 0.846. The molecule has 19 heavy (non-hydrogen) atoms. The Kier molecular flexibility index (Phi) is 3.03. The minimum absolute atomic E-state index is 0.199. The van der Waals surface area contributed by atoms with Crippen LogP contribution in [0.4, 0.5) is 0 Å². The summed E-state index contributed by atoms with van der Waals surface area (Å²) in [6.45, 7) is 0. The number of carbonyl (C=O) groups is 1. The second kappa shape index (κ2) is 4.84. The normalized spacial score (nSPS) is 18.8. The highest BCUT2D eigenvalue weighted by atomic mass is 16.5. The number of nitrogens with zero attached hydrogens (tertiary/aromatic N) is 2. The minimum Gasteiger partial charge on any atom is -0.497 e. The Balaban J connectivity index is 1.85. The van der Waals surface area contributed by atoms with Crippen molar-refractivity contribution < 1.29 is 14.1 Å². The molecule has 1 aromatic carbocycles. The van der Waals surface area contributed by atoms with E-state index < -0.39 is 0 Å². The summed E-state index contributed by atoms with van der Waals surface area (Å²) in [5.74, 6) is 1.72. The Labute approximate surface area is 110 Å². The largest absolute Gasteiger partial charge is 0.497 e. The monoisotopic (exact) mass is 258 g/mol. The van der Waals surface area contributed by atoms with Gasteiger partial charge in [0.05, 0.1) is 13.0 Å². The van der Waals surface area contributed by atoms with Crippen molar-refractivity contribution >= 4 is 5.78 Å². The number of Topliss-reactive ketones (excluding diaryl/α,β-unsaturated/α-hetero) is 1. The molecule has 0 saturated heterocycles. The first-order valence-corrected chi connectivity index (χ1v) is 6.28. The van der Waals surface area contributed by atoms with Crippen LogP contribution in [-0.2, 0) is 4.79 Å². The van der Waals surface area contributed by atoms with E-state index >= 15 is 0 Å². The van der Waals surface area contributed by atoms with E-state index in [-0.39, 0.29) is 11.7 Å². The van der Waals surface area contributed by atoms with Gasteiger partial charge in [0.15, 0.2) is 0 Å². The first kappa shape index (κ1) is 11.9. The standard InChI is InChI=1S/C14H14N2O3/c1-18-10-7-5-9(6-8-10)13-15-14(19-16-13)11-3-2-4-12(11)17/h5-8,11H,2-4H2,1H3. The lowest BCUT2D eigenvalue weighted by atomic mass is 10.1. The lowest BCUT2D eigenvalue weighted by Crippen LogP contribution is -2.04. The van der Waals surface area contributed by atoms with Gasteiger partial charge in [-0.25, -0.2) is 0 Å². The highest BCUT2D eigenvalue weighted by molar-refractivity contribution is 5.86. The predicted molar refractivity (Wildman–Crippen MR) is 67.9 cm³/mol. The van der Waals surface area contributed by atoms with Crippen molar-refractivity contribution in [1.29, 1.82) is 0 Å². The lowest BCUT2D eigenvalue weighted by Gasteiger charge is -2.00. The van der Waals surface area contributed by atoms with Gasteiger partial charge in [0.25, 0.3) is 0 Å². The molecule has 0 N–H and O–H groups in total. The SMILES string of the molecule is COc1ccc(-c2noc(C3CCCC3=O)n2)cc1. The van der Waals surface area contributed by atoms with Gasteiger partial charge in [0, 0.05) is 12.0 Å². The fraction of sp³-hybridized carbons (Fsp3) is 0.357. The van der Waals surface area contributed by atoms with Crippen molar-refractivity contribution in [3.05, 3.63) is 30.2 Å². The highest BCUT2D eigenvalue weighted by Crippen LogP contribution is 2.31. The maximum absolute atomic E-state index is 11.7. The number of benzene rings is 1. The molecule has 1 aliphatic rings. The zero-order valence-electron chi connectivity index (χ0n) is 10.6. The molecular weight excluding hydrogens is 244 g/mol. The van der Waals surface area contributed by atoms with E-state index in [2.05, 4.69) is 10.1 Å². The second-order valence-corrected chi connectivity index (χ2v) is 4.60. The van der Waals surface area contributed by atoms with Crippen LogP contribution in [0.15, 0.2) is 28.8 Å². The summed E-state index contributed by atoms with van der Waals surface area (Å²) in [4.78, 5) is 16.0. The van der Waals surface area contributed by atoms with E-state index in [1.807, 2.05) is 24.3 Å². The molecule has 1 aromatic heterocycles. The molecule has 0 bridgehead atoms. The van der Waals surface area contributed by atoms with Gasteiger partial charge < -0.3 is 9.26 Å². The lowest BCUT2D eigenvalue weighted by molar-refractivity contribution is -0.119. The fourth-order valence-electron chi connectivity index (χ4n) is 2.31. The average molecular weight is 258 g/mol. The summed E-state index contributed by atoms with van der Waals surface area (Å²) in [6, 6.07) is 7.41. The maximum atomic E-state index is 11.7. The van der Waals surface area contributed by atoms with Crippen molar-refractivity contribution in [2.24, 2.45) is 0 Å². The number of hydrogen-bond donors (Lipinski definition) is 0. The van der Waals surface area contributed by atoms with Crippen LogP contribution in [-0.4, -0.2) is 23.0 Å². The van der Waals surface area contributed by atoms with Gasteiger partial charge >= 0.3 is 0 Å². The molecule has 0 radical (unpaired) electrons. The van der Waals surface area contributed by atoms with Crippen LogP contribution in [0.3, 0.4) is 0 Å². The Morgan fingerprint density at radius 2 is 2.11 bits per heavy atom. The van der Waals surface area contributed by atoms with E-state index in [0.29, 0.717) is 18.1 Å². The van der Waals surface area contributed by atoms with Crippen molar-refractivity contribution in [3.8, 4) is 17.1 Å². The van der Waals surface area contributed by atoms with Crippen molar-refractivity contribution in [1.82, 2.24) is 10.1 Å². The van der Waals surface area contributed by atoms with Crippen LogP contribution < -0.4 is 4.74 Å².